The first-order valence-electron chi connectivity index (χ1n) is 5.36. The van der Waals surface area contributed by atoms with Crippen molar-refractivity contribution in [1.29, 1.82) is 0 Å². The third-order valence-corrected chi connectivity index (χ3v) is 2.63. The van der Waals surface area contributed by atoms with Crippen LogP contribution < -0.4 is 5.32 Å². The Morgan fingerprint density at radius 1 is 1.56 bits per heavy atom. The summed E-state index contributed by atoms with van der Waals surface area (Å²) in [5, 5.41) is 7.20. The number of aromatic nitrogens is 3. The van der Waals surface area contributed by atoms with Gasteiger partial charge in [0.15, 0.2) is 5.65 Å². The predicted molar refractivity (Wildman–Crippen MR) is 58.2 cm³/mol. The fourth-order valence-corrected chi connectivity index (χ4v) is 1.67. The Morgan fingerprint density at radius 2 is 2.38 bits per heavy atom. The Hall–Kier alpha value is -1.91. The van der Waals surface area contributed by atoms with Crippen molar-refractivity contribution in [1.82, 2.24) is 19.9 Å². The molecule has 0 aliphatic heterocycles. The van der Waals surface area contributed by atoms with Crippen LogP contribution in [0.1, 0.15) is 29.0 Å². The van der Waals surface area contributed by atoms with E-state index in [9.17, 15) is 4.79 Å². The molecule has 1 N–H and O–H groups in total. The number of nitrogens with zero attached hydrogens (tertiary/aromatic N) is 3. The molecule has 3 rings (SSSR count). The molecule has 5 nitrogen and oxygen atoms in total. The molecule has 0 unspecified atom stereocenters. The van der Waals surface area contributed by atoms with Gasteiger partial charge in [0.05, 0.1) is 5.69 Å². The lowest BCUT2D eigenvalue weighted by atomic mass is 10.3. The minimum atomic E-state index is -0.0713. The summed E-state index contributed by atoms with van der Waals surface area (Å²) in [4.78, 5) is 16.1. The molecule has 1 fully saturated rings. The molecule has 1 aliphatic carbocycles. The van der Waals surface area contributed by atoms with Crippen LogP contribution in [0.4, 0.5) is 0 Å². The van der Waals surface area contributed by atoms with Gasteiger partial charge in [-0.3, -0.25) is 4.79 Å². The van der Waals surface area contributed by atoms with E-state index in [4.69, 9.17) is 0 Å². The van der Waals surface area contributed by atoms with Gasteiger partial charge in [-0.2, -0.15) is 5.10 Å². The number of carbonyl (C=O) groups excluding carboxylic acids is 1. The number of nitrogens with one attached hydrogen (secondary N) is 1. The fourth-order valence-electron chi connectivity index (χ4n) is 1.67. The lowest BCUT2D eigenvalue weighted by Gasteiger charge is -2.04. The summed E-state index contributed by atoms with van der Waals surface area (Å²) >= 11 is 0. The van der Waals surface area contributed by atoms with Crippen LogP contribution in [-0.4, -0.2) is 26.5 Å². The van der Waals surface area contributed by atoms with Crippen LogP contribution in [0.15, 0.2) is 18.3 Å². The van der Waals surface area contributed by atoms with Gasteiger partial charge >= 0.3 is 0 Å². The molecule has 16 heavy (non-hydrogen) atoms. The summed E-state index contributed by atoms with van der Waals surface area (Å²) in [5.74, 6) is -0.0713. The van der Waals surface area contributed by atoms with Crippen LogP contribution >= 0.6 is 0 Å². The van der Waals surface area contributed by atoms with Gasteiger partial charge < -0.3 is 5.32 Å². The van der Waals surface area contributed by atoms with E-state index in [2.05, 4.69) is 15.4 Å². The van der Waals surface area contributed by atoms with Gasteiger partial charge in [-0.15, -0.1) is 0 Å². The van der Waals surface area contributed by atoms with Crippen molar-refractivity contribution in [3.63, 3.8) is 0 Å². The molecular formula is C11H12N4O. The number of fused-ring (bicyclic) bond motifs is 1. The Bertz CT molecular complexity index is 556. The third-order valence-electron chi connectivity index (χ3n) is 2.63. The average molecular weight is 216 g/mol. The lowest BCUT2D eigenvalue weighted by Crippen LogP contribution is -2.27. The molecule has 1 aliphatic rings. The molecule has 0 aromatic carbocycles. The Balaban J connectivity index is 2.03. The van der Waals surface area contributed by atoms with Crippen LogP contribution in [0.3, 0.4) is 0 Å². The van der Waals surface area contributed by atoms with Crippen molar-refractivity contribution in [3.05, 3.63) is 29.7 Å². The minimum Gasteiger partial charge on any atom is -0.348 e. The summed E-state index contributed by atoms with van der Waals surface area (Å²) < 4.78 is 1.59. The maximum Gasteiger partial charge on any atom is 0.270 e. The highest BCUT2D eigenvalue weighted by Gasteiger charge is 2.24. The second-order valence-corrected chi connectivity index (χ2v) is 4.13. The maximum atomic E-state index is 11.9. The summed E-state index contributed by atoms with van der Waals surface area (Å²) in [6.45, 7) is 1.89. The van der Waals surface area contributed by atoms with Crippen molar-refractivity contribution in [2.45, 2.75) is 25.8 Å². The molecule has 0 radical (unpaired) electrons. The Morgan fingerprint density at radius 3 is 3.12 bits per heavy atom. The van der Waals surface area contributed by atoms with Crippen LogP contribution in [0.5, 0.6) is 0 Å². The van der Waals surface area contributed by atoms with E-state index in [-0.39, 0.29) is 5.91 Å². The highest BCUT2D eigenvalue weighted by atomic mass is 16.2. The molecule has 0 saturated heterocycles. The van der Waals surface area contributed by atoms with Crippen LogP contribution in [0, 0.1) is 6.92 Å². The van der Waals surface area contributed by atoms with Gasteiger partial charge in [0, 0.05) is 18.3 Å². The third kappa shape index (κ3) is 1.54. The number of rotatable bonds is 2. The van der Waals surface area contributed by atoms with Crippen molar-refractivity contribution in [2.24, 2.45) is 0 Å². The highest BCUT2D eigenvalue weighted by molar-refractivity contribution is 5.93. The first-order valence-corrected chi connectivity index (χ1v) is 5.36. The van der Waals surface area contributed by atoms with Crippen LogP contribution in [0.2, 0.25) is 0 Å². The van der Waals surface area contributed by atoms with E-state index in [1.54, 1.807) is 16.8 Å². The van der Waals surface area contributed by atoms with Gasteiger partial charge in [0.1, 0.15) is 5.69 Å². The molecule has 0 bridgehead atoms. The molecule has 1 saturated carbocycles. The van der Waals surface area contributed by atoms with Crippen LogP contribution in [-0.2, 0) is 0 Å². The molecule has 2 heterocycles. The quantitative estimate of drug-likeness (QED) is 0.812. The average Bonchev–Trinajstić information content (AvgIpc) is 2.96. The van der Waals surface area contributed by atoms with Gasteiger partial charge in [-0.1, -0.05) is 0 Å². The molecular weight excluding hydrogens is 204 g/mol. The van der Waals surface area contributed by atoms with E-state index in [1.807, 2.05) is 13.0 Å². The zero-order valence-electron chi connectivity index (χ0n) is 8.97. The van der Waals surface area contributed by atoms with E-state index < -0.39 is 0 Å². The van der Waals surface area contributed by atoms with E-state index in [1.165, 1.54) is 0 Å². The zero-order chi connectivity index (χ0) is 11.1. The van der Waals surface area contributed by atoms with Crippen molar-refractivity contribution in [2.75, 3.05) is 0 Å². The standard InChI is InChI=1S/C11H12N4O/c1-7-6-10-12-5-4-9(15(10)14-7)11(16)13-8-2-3-8/h4-6,8H,2-3H2,1H3,(H,13,16). The molecule has 0 atom stereocenters. The van der Waals surface area contributed by atoms with Gasteiger partial charge in [0.2, 0.25) is 0 Å². The van der Waals surface area contributed by atoms with E-state index in [0.717, 1.165) is 18.5 Å². The molecule has 2 aromatic rings. The summed E-state index contributed by atoms with van der Waals surface area (Å²) in [7, 11) is 0. The van der Waals surface area contributed by atoms with Gasteiger partial charge in [-0.05, 0) is 25.8 Å². The number of hydrogen-bond acceptors (Lipinski definition) is 3. The van der Waals surface area contributed by atoms with E-state index >= 15 is 0 Å². The minimum absolute atomic E-state index is 0.0713. The largest absolute Gasteiger partial charge is 0.348 e. The molecule has 82 valence electrons. The maximum absolute atomic E-state index is 11.9. The monoisotopic (exact) mass is 216 g/mol. The summed E-state index contributed by atoms with van der Waals surface area (Å²) in [5.41, 5.74) is 2.12. The molecule has 2 aromatic heterocycles. The first-order chi connectivity index (χ1) is 7.74. The number of amides is 1. The normalized spacial score (nSPS) is 15.3. The SMILES string of the molecule is Cc1cc2nccc(C(=O)NC3CC3)n2n1. The molecule has 5 heteroatoms. The predicted octanol–water partition coefficient (Wildman–Crippen LogP) is 0.930. The Labute approximate surface area is 92.5 Å². The van der Waals surface area contributed by atoms with Crippen molar-refractivity contribution >= 4 is 11.6 Å². The lowest BCUT2D eigenvalue weighted by molar-refractivity contribution is 0.0943. The van der Waals surface area contributed by atoms with Crippen molar-refractivity contribution in [3.8, 4) is 0 Å². The van der Waals surface area contributed by atoms with E-state index in [0.29, 0.717) is 17.4 Å². The fraction of sp³-hybridized carbons (Fsp3) is 0.364. The summed E-state index contributed by atoms with van der Waals surface area (Å²) in [6, 6.07) is 3.90. The smallest absolute Gasteiger partial charge is 0.270 e. The first kappa shape index (κ1) is 9.33. The molecule has 0 spiro atoms. The van der Waals surface area contributed by atoms with Gasteiger partial charge in [0.25, 0.3) is 5.91 Å². The topological polar surface area (TPSA) is 59.3 Å². The van der Waals surface area contributed by atoms with Crippen LogP contribution in [0.25, 0.3) is 5.65 Å². The number of aryl methyl sites for hydroxylation is 1. The zero-order valence-corrected chi connectivity index (χ0v) is 8.97. The second kappa shape index (κ2) is 3.30. The van der Waals surface area contributed by atoms with Gasteiger partial charge in [-0.25, -0.2) is 9.50 Å². The number of hydrogen-bond donors (Lipinski definition) is 1. The Kier molecular flexibility index (Phi) is 1.92. The highest BCUT2D eigenvalue weighted by Crippen LogP contribution is 2.19. The van der Waals surface area contributed by atoms with Crippen molar-refractivity contribution < 1.29 is 4.79 Å². The number of carbonyl (C=O) groups is 1. The summed E-state index contributed by atoms with van der Waals surface area (Å²) in [6.07, 6.45) is 3.80. The molecule has 1 amide bonds. The second-order valence-electron chi connectivity index (χ2n) is 4.13.